The lowest BCUT2D eigenvalue weighted by Crippen LogP contribution is -2.25. The third-order valence-corrected chi connectivity index (χ3v) is 2.98. The van der Waals surface area contributed by atoms with Gasteiger partial charge in [-0.15, -0.1) is 0 Å². The molecular weight excluding hydrogens is 226 g/mol. The molecule has 0 radical (unpaired) electrons. The molecule has 1 atom stereocenters. The molecule has 1 aromatic carbocycles. The molecule has 0 aromatic heterocycles. The standard InChI is InChI=1S/C15H25NO2/c1-3-5-11-18-12-10-16-15(4-2)13-6-8-14(17)9-7-13/h6-9,15-17H,3-5,10-12H2,1-2H3. The van der Waals surface area contributed by atoms with E-state index in [1.807, 2.05) is 12.1 Å². The van der Waals surface area contributed by atoms with Crippen LogP contribution in [0.5, 0.6) is 5.75 Å². The monoisotopic (exact) mass is 251 g/mol. The minimum atomic E-state index is 0.316. The van der Waals surface area contributed by atoms with Gasteiger partial charge in [-0.1, -0.05) is 32.4 Å². The maximum atomic E-state index is 9.27. The lowest BCUT2D eigenvalue weighted by molar-refractivity contribution is 0.130. The Morgan fingerprint density at radius 3 is 2.50 bits per heavy atom. The highest BCUT2D eigenvalue weighted by atomic mass is 16.5. The summed E-state index contributed by atoms with van der Waals surface area (Å²) in [4.78, 5) is 0. The molecule has 1 rings (SSSR count). The van der Waals surface area contributed by atoms with Crippen LogP contribution in [0.2, 0.25) is 0 Å². The van der Waals surface area contributed by atoms with E-state index in [1.54, 1.807) is 12.1 Å². The van der Waals surface area contributed by atoms with Gasteiger partial charge in [-0.05, 0) is 30.5 Å². The zero-order valence-electron chi connectivity index (χ0n) is 11.5. The SMILES string of the molecule is CCCCOCCNC(CC)c1ccc(O)cc1. The summed E-state index contributed by atoms with van der Waals surface area (Å²) in [6.07, 6.45) is 3.34. The first-order chi connectivity index (χ1) is 8.77. The van der Waals surface area contributed by atoms with E-state index in [2.05, 4.69) is 19.2 Å². The van der Waals surface area contributed by atoms with Gasteiger partial charge in [0.2, 0.25) is 0 Å². The second-order valence-electron chi connectivity index (χ2n) is 4.47. The number of unbranched alkanes of at least 4 members (excludes halogenated alkanes) is 1. The van der Waals surface area contributed by atoms with Crippen LogP contribution < -0.4 is 5.32 Å². The number of hydrogen-bond donors (Lipinski definition) is 2. The predicted octanol–water partition coefficient (Wildman–Crippen LogP) is 3.25. The highest BCUT2D eigenvalue weighted by Crippen LogP contribution is 2.19. The molecule has 0 heterocycles. The topological polar surface area (TPSA) is 41.5 Å². The minimum absolute atomic E-state index is 0.316. The zero-order chi connectivity index (χ0) is 13.2. The maximum Gasteiger partial charge on any atom is 0.115 e. The molecule has 0 amide bonds. The summed E-state index contributed by atoms with van der Waals surface area (Å²) in [6, 6.07) is 7.73. The van der Waals surface area contributed by atoms with Crippen molar-refractivity contribution in [3.63, 3.8) is 0 Å². The van der Waals surface area contributed by atoms with Gasteiger partial charge in [0.15, 0.2) is 0 Å². The molecule has 0 saturated heterocycles. The Hall–Kier alpha value is -1.06. The fraction of sp³-hybridized carbons (Fsp3) is 0.600. The van der Waals surface area contributed by atoms with Crippen molar-refractivity contribution in [3.8, 4) is 5.75 Å². The van der Waals surface area contributed by atoms with Crippen LogP contribution in [0, 0.1) is 0 Å². The second kappa shape index (κ2) is 8.95. The summed E-state index contributed by atoms with van der Waals surface area (Å²) in [6.45, 7) is 6.80. The zero-order valence-corrected chi connectivity index (χ0v) is 11.5. The molecule has 102 valence electrons. The van der Waals surface area contributed by atoms with Gasteiger partial charge in [-0.25, -0.2) is 0 Å². The Balaban J connectivity index is 2.27. The number of phenols is 1. The summed E-state index contributed by atoms with van der Waals surface area (Å²) in [5.41, 5.74) is 1.21. The molecule has 2 N–H and O–H groups in total. The van der Waals surface area contributed by atoms with Crippen molar-refractivity contribution in [2.45, 2.75) is 39.2 Å². The Bertz CT molecular complexity index is 311. The van der Waals surface area contributed by atoms with Gasteiger partial charge in [0, 0.05) is 19.2 Å². The van der Waals surface area contributed by atoms with Crippen LogP contribution in [-0.4, -0.2) is 24.9 Å². The number of aromatic hydroxyl groups is 1. The quantitative estimate of drug-likeness (QED) is 0.662. The van der Waals surface area contributed by atoms with Crippen molar-refractivity contribution in [1.29, 1.82) is 0 Å². The Morgan fingerprint density at radius 2 is 1.89 bits per heavy atom. The molecule has 0 aliphatic rings. The second-order valence-corrected chi connectivity index (χ2v) is 4.47. The van der Waals surface area contributed by atoms with Crippen molar-refractivity contribution in [2.24, 2.45) is 0 Å². The maximum absolute atomic E-state index is 9.27. The molecule has 18 heavy (non-hydrogen) atoms. The molecule has 1 aromatic rings. The molecule has 0 bridgehead atoms. The average Bonchev–Trinajstić information content (AvgIpc) is 2.39. The Labute approximate surface area is 110 Å². The van der Waals surface area contributed by atoms with Crippen LogP contribution in [0.1, 0.15) is 44.7 Å². The molecule has 3 heteroatoms. The number of hydrogen-bond acceptors (Lipinski definition) is 3. The number of ether oxygens (including phenoxy) is 1. The molecule has 3 nitrogen and oxygen atoms in total. The van der Waals surface area contributed by atoms with E-state index in [9.17, 15) is 5.11 Å². The van der Waals surface area contributed by atoms with Crippen molar-refractivity contribution in [3.05, 3.63) is 29.8 Å². The number of benzene rings is 1. The highest BCUT2D eigenvalue weighted by Gasteiger charge is 2.07. The molecule has 0 fully saturated rings. The molecule has 0 aliphatic carbocycles. The van der Waals surface area contributed by atoms with Crippen LogP contribution >= 0.6 is 0 Å². The van der Waals surface area contributed by atoms with Crippen molar-refractivity contribution in [2.75, 3.05) is 19.8 Å². The molecule has 0 aliphatic heterocycles. The van der Waals surface area contributed by atoms with Crippen LogP contribution in [-0.2, 0) is 4.74 Å². The van der Waals surface area contributed by atoms with E-state index in [1.165, 1.54) is 12.0 Å². The van der Waals surface area contributed by atoms with Crippen molar-refractivity contribution in [1.82, 2.24) is 5.32 Å². The molecular formula is C15H25NO2. The summed E-state index contributed by atoms with van der Waals surface area (Å²) in [7, 11) is 0. The van der Waals surface area contributed by atoms with Gasteiger partial charge < -0.3 is 15.2 Å². The van der Waals surface area contributed by atoms with Gasteiger partial charge in [-0.3, -0.25) is 0 Å². The van der Waals surface area contributed by atoms with Crippen LogP contribution in [0.25, 0.3) is 0 Å². The third-order valence-electron chi connectivity index (χ3n) is 2.98. The number of phenolic OH excluding ortho intramolecular Hbond substituents is 1. The normalized spacial score (nSPS) is 12.6. The van der Waals surface area contributed by atoms with Gasteiger partial charge in [0.05, 0.1) is 6.61 Å². The average molecular weight is 251 g/mol. The lowest BCUT2D eigenvalue weighted by atomic mass is 10.0. The van der Waals surface area contributed by atoms with E-state index in [0.717, 1.165) is 32.6 Å². The number of rotatable bonds is 9. The van der Waals surface area contributed by atoms with Gasteiger partial charge in [0.1, 0.15) is 5.75 Å². The van der Waals surface area contributed by atoms with Crippen molar-refractivity contribution < 1.29 is 9.84 Å². The Kier molecular flexibility index (Phi) is 7.46. The van der Waals surface area contributed by atoms with Crippen LogP contribution in [0.15, 0.2) is 24.3 Å². The van der Waals surface area contributed by atoms with Crippen LogP contribution in [0.4, 0.5) is 0 Å². The molecule has 0 spiro atoms. The van der Waals surface area contributed by atoms with E-state index in [-0.39, 0.29) is 0 Å². The van der Waals surface area contributed by atoms with Crippen molar-refractivity contribution >= 4 is 0 Å². The largest absolute Gasteiger partial charge is 0.508 e. The predicted molar refractivity (Wildman–Crippen MR) is 74.9 cm³/mol. The first kappa shape index (κ1) is 15.0. The van der Waals surface area contributed by atoms with E-state index in [4.69, 9.17) is 4.74 Å². The summed E-state index contributed by atoms with van der Waals surface area (Å²) >= 11 is 0. The highest BCUT2D eigenvalue weighted by molar-refractivity contribution is 5.27. The summed E-state index contributed by atoms with van der Waals surface area (Å²) < 4.78 is 5.52. The number of nitrogens with one attached hydrogen (secondary N) is 1. The third kappa shape index (κ3) is 5.52. The fourth-order valence-corrected chi connectivity index (χ4v) is 1.86. The van der Waals surface area contributed by atoms with Gasteiger partial charge in [0.25, 0.3) is 0 Å². The Morgan fingerprint density at radius 1 is 1.17 bits per heavy atom. The minimum Gasteiger partial charge on any atom is -0.508 e. The van der Waals surface area contributed by atoms with Gasteiger partial charge in [-0.2, -0.15) is 0 Å². The molecule has 1 unspecified atom stereocenters. The fourth-order valence-electron chi connectivity index (χ4n) is 1.86. The first-order valence-corrected chi connectivity index (χ1v) is 6.88. The van der Waals surface area contributed by atoms with Gasteiger partial charge >= 0.3 is 0 Å². The lowest BCUT2D eigenvalue weighted by Gasteiger charge is -2.17. The summed E-state index contributed by atoms with van der Waals surface area (Å²) in [5.74, 6) is 0.316. The summed E-state index contributed by atoms with van der Waals surface area (Å²) in [5, 5.41) is 12.7. The van der Waals surface area contributed by atoms with E-state index in [0.29, 0.717) is 11.8 Å². The van der Waals surface area contributed by atoms with Crippen LogP contribution in [0.3, 0.4) is 0 Å². The van der Waals surface area contributed by atoms with E-state index >= 15 is 0 Å². The molecule has 0 saturated carbocycles. The first-order valence-electron chi connectivity index (χ1n) is 6.88. The smallest absolute Gasteiger partial charge is 0.115 e. The van der Waals surface area contributed by atoms with E-state index < -0.39 is 0 Å².